The molecule has 2 rings (SSSR count). The second-order valence-corrected chi connectivity index (χ2v) is 7.11. The number of thiazole rings is 1. The van der Waals surface area contributed by atoms with Crippen LogP contribution in [-0.2, 0) is 10.9 Å². The van der Waals surface area contributed by atoms with Crippen LogP contribution in [0.5, 0.6) is 0 Å². The first kappa shape index (κ1) is 19.7. The summed E-state index contributed by atoms with van der Waals surface area (Å²) in [5.74, 6) is -1.78. The molecule has 1 amide bonds. The Hall–Kier alpha value is -2.62. The van der Waals surface area contributed by atoms with Gasteiger partial charge < -0.3 is 9.84 Å². The molecule has 2 aromatic rings. The van der Waals surface area contributed by atoms with Crippen LogP contribution in [0.3, 0.4) is 0 Å². The maximum absolute atomic E-state index is 13.1. The van der Waals surface area contributed by atoms with Gasteiger partial charge in [-0.3, -0.25) is 0 Å². The van der Waals surface area contributed by atoms with Gasteiger partial charge in [-0.15, -0.1) is 0 Å². The molecule has 0 unspecified atom stereocenters. The maximum Gasteiger partial charge on any atom is 0.435 e. The van der Waals surface area contributed by atoms with E-state index in [1.54, 1.807) is 39.0 Å². The first-order valence-corrected chi connectivity index (χ1v) is 8.11. The molecule has 0 fully saturated rings. The Morgan fingerprint density at radius 1 is 1.15 bits per heavy atom. The Bertz CT molecular complexity index is 813. The molecule has 0 aliphatic carbocycles. The Balaban J connectivity index is 2.60. The lowest BCUT2D eigenvalue weighted by Crippen LogP contribution is -2.33. The number of carboxylic acid groups (broad SMARTS) is 1. The average molecular weight is 388 g/mol. The molecule has 0 spiro atoms. The van der Waals surface area contributed by atoms with Gasteiger partial charge in [-0.1, -0.05) is 29.5 Å². The molecule has 1 heterocycles. The molecule has 0 saturated carbocycles. The Morgan fingerprint density at radius 3 is 2.15 bits per heavy atom. The van der Waals surface area contributed by atoms with E-state index in [9.17, 15) is 22.8 Å². The van der Waals surface area contributed by atoms with E-state index in [-0.39, 0.29) is 17.0 Å². The summed E-state index contributed by atoms with van der Waals surface area (Å²) in [6, 6.07) is 7.74. The number of benzene rings is 1. The van der Waals surface area contributed by atoms with Gasteiger partial charge in [0.2, 0.25) is 5.13 Å². The van der Waals surface area contributed by atoms with Crippen LogP contribution in [0.4, 0.5) is 28.8 Å². The Kier molecular flexibility index (Phi) is 5.26. The minimum absolute atomic E-state index is 0.196. The zero-order valence-electron chi connectivity index (χ0n) is 14.0. The lowest BCUT2D eigenvalue weighted by molar-refractivity contribution is -0.141. The smallest absolute Gasteiger partial charge is 0.435 e. The molecule has 0 saturated heterocycles. The predicted octanol–water partition coefficient (Wildman–Crippen LogP) is 4.93. The number of carboxylic acids is 1. The van der Waals surface area contributed by atoms with Crippen molar-refractivity contribution in [3.8, 4) is 0 Å². The molecule has 26 heavy (non-hydrogen) atoms. The summed E-state index contributed by atoms with van der Waals surface area (Å²) in [7, 11) is 0. The van der Waals surface area contributed by atoms with Gasteiger partial charge >= 0.3 is 18.2 Å². The molecular weight excluding hydrogens is 373 g/mol. The highest BCUT2D eigenvalue weighted by atomic mass is 32.1. The fourth-order valence-corrected chi connectivity index (χ4v) is 2.86. The van der Waals surface area contributed by atoms with Crippen molar-refractivity contribution < 1.29 is 32.6 Å². The third kappa shape index (κ3) is 4.51. The summed E-state index contributed by atoms with van der Waals surface area (Å²) in [5, 5.41) is 8.61. The van der Waals surface area contributed by atoms with Crippen molar-refractivity contribution in [2.45, 2.75) is 32.5 Å². The third-order valence-electron chi connectivity index (χ3n) is 2.86. The number of amides is 1. The van der Waals surface area contributed by atoms with E-state index < -0.39 is 39.5 Å². The van der Waals surface area contributed by atoms with Crippen LogP contribution in [0.2, 0.25) is 0 Å². The zero-order valence-corrected chi connectivity index (χ0v) is 14.8. The van der Waals surface area contributed by atoms with Crippen LogP contribution in [0.25, 0.3) is 0 Å². The van der Waals surface area contributed by atoms with Crippen molar-refractivity contribution in [2.24, 2.45) is 0 Å². The van der Waals surface area contributed by atoms with Crippen molar-refractivity contribution in [3.63, 3.8) is 0 Å². The number of hydrogen-bond donors (Lipinski definition) is 1. The predicted molar refractivity (Wildman–Crippen MR) is 88.9 cm³/mol. The molecule has 0 atom stereocenters. The number of para-hydroxylation sites is 1. The highest BCUT2D eigenvalue weighted by Crippen LogP contribution is 2.39. The third-order valence-corrected chi connectivity index (χ3v) is 3.89. The normalized spacial score (nSPS) is 11.9. The van der Waals surface area contributed by atoms with E-state index in [4.69, 9.17) is 9.84 Å². The highest BCUT2D eigenvalue weighted by Gasteiger charge is 2.41. The zero-order chi connectivity index (χ0) is 19.7. The van der Waals surface area contributed by atoms with Gasteiger partial charge in [0.25, 0.3) is 0 Å². The minimum Gasteiger partial charge on any atom is -0.477 e. The molecule has 0 bridgehead atoms. The number of carbonyl (C=O) groups excluding carboxylic acids is 1. The molecule has 6 nitrogen and oxygen atoms in total. The van der Waals surface area contributed by atoms with Crippen molar-refractivity contribution in [3.05, 3.63) is 40.9 Å². The van der Waals surface area contributed by atoms with E-state index in [0.29, 0.717) is 0 Å². The number of carbonyl (C=O) groups is 2. The number of rotatable bonds is 3. The van der Waals surface area contributed by atoms with Gasteiger partial charge in [0.15, 0.2) is 5.69 Å². The van der Waals surface area contributed by atoms with E-state index in [2.05, 4.69) is 4.98 Å². The van der Waals surface area contributed by atoms with E-state index in [1.807, 2.05) is 0 Å². The van der Waals surface area contributed by atoms with E-state index >= 15 is 0 Å². The van der Waals surface area contributed by atoms with Crippen LogP contribution < -0.4 is 4.90 Å². The number of anilines is 2. The Morgan fingerprint density at radius 2 is 1.73 bits per heavy atom. The molecular formula is C16H15F3N2O4S. The van der Waals surface area contributed by atoms with Gasteiger partial charge in [0.1, 0.15) is 10.5 Å². The van der Waals surface area contributed by atoms with E-state index in [1.165, 1.54) is 12.1 Å². The number of hydrogen-bond acceptors (Lipinski definition) is 5. The monoisotopic (exact) mass is 388 g/mol. The SMILES string of the molecule is CC(C)(C)OC(=O)N(c1ccccc1)c1nc(C(F)(F)F)c(C(=O)O)s1. The van der Waals surface area contributed by atoms with Gasteiger partial charge in [-0.05, 0) is 32.9 Å². The molecule has 1 aromatic heterocycles. The maximum atomic E-state index is 13.1. The van der Waals surface area contributed by atoms with Gasteiger partial charge in [-0.25, -0.2) is 19.5 Å². The highest BCUT2D eigenvalue weighted by molar-refractivity contribution is 7.17. The lowest BCUT2D eigenvalue weighted by atomic mass is 10.2. The standard InChI is InChI=1S/C16H15F3N2O4S/c1-15(2,3)25-14(24)21(9-7-5-4-6-8-9)13-20-11(16(17,18)19)10(26-13)12(22)23/h4-8H,1-3H3,(H,22,23). The molecule has 0 aliphatic rings. The topological polar surface area (TPSA) is 79.7 Å². The number of aromatic carboxylic acids is 1. The average Bonchev–Trinajstić information content (AvgIpc) is 2.92. The summed E-state index contributed by atoms with van der Waals surface area (Å²) in [6.07, 6.45) is -5.94. The number of ether oxygens (including phenoxy) is 1. The summed E-state index contributed by atoms with van der Waals surface area (Å²) in [6.45, 7) is 4.79. The number of halogens is 3. The lowest BCUT2D eigenvalue weighted by Gasteiger charge is -2.25. The number of aromatic nitrogens is 1. The van der Waals surface area contributed by atoms with E-state index in [0.717, 1.165) is 4.90 Å². The van der Waals surface area contributed by atoms with Crippen LogP contribution in [-0.4, -0.2) is 27.8 Å². The number of nitrogens with zero attached hydrogens (tertiary/aromatic N) is 2. The minimum atomic E-state index is -4.97. The van der Waals surface area contributed by atoms with Crippen LogP contribution in [0, 0.1) is 0 Å². The summed E-state index contributed by atoms with van der Waals surface area (Å²) < 4.78 is 44.5. The number of alkyl halides is 3. The first-order chi connectivity index (χ1) is 11.9. The second-order valence-electron chi connectivity index (χ2n) is 6.13. The molecule has 10 heteroatoms. The summed E-state index contributed by atoms with van der Waals surface area (Å²) in [5.41, 5.74) is -2.28. The van der Waals surface area contributed by atoms with Crippen molar-refractivity contribution in [2.75, 3.05) is 4.90 Å². The van der Waals surface area contributed by atoms with Crippen molar-refractivity contribution >= 4 is 34.2 Å². The second kappa shape index (κ2) is 6.94. The van der Waals surface area contributed by atoms with Gasteiger partial charge in [-0.2, -0.15) is 13.2 Å². The first-order valence-electron chi connectivity index (χ1n) is 7.29. The van der Waals surface area contributed by atoms with Crippen LogP contribution >= 0.6 is 11.3 Å². The fourth-order valence-electron chi connectivity index (χ4n) is 1.92. The molecule has 0 radical (unpaired) electrons. The fraction of sp³-hybridized carbons (Fsp3) is 0.312. The van der Waals surface area contributed by atoms with Crippen molar-refractivity contribution in [1.82, 2.24) is 4.98 Å². The largest absolute Gasteiger partial charge is 0.477 e. The van der Waals surface area contributed by atoms with Crippen molar-refractivity contribution in [1.29, 1.82) is 0 Å². The van der Waals surface area contributed by atoms with Gasteiger partial charge in [0, 0.05) is 0 Å². The van der Waals surface area contributed by atoms with Crippen LogP contribution in [0.1, 0.15) is 36.1 Å². The summed E-state index contributed by atoms with van der Waals surface area (Å²) >= 11 is 0.246. The molecule has 1 aromatic carbocycles. The summed E-state index contributed by atoms with van der Waals surface area (Å²) in [4.78, 5) is 26.9. The molecule has 140 valence electrons. The molecule has 1 N–H and O–H groups in total. The Labute approximate surface area is 150 Å². The van der Waals surface area contributed by atoms with Crippen LogP contribution in [0.15, 0.2) is 30.3 Å². The quantitative estimate of drug-likeness (QED) is 0.806. The van der Waals surface area contributed by atoms with Gasteiger partial charge in [0.05, 0.1) is 5.69 Å². The molecule has 0 aliphatic heterocycles.